The Bertz CT molecular complexity index is 1360. The van der Waals surface area contributed by atoms with Crippen molar-refractivity contribution in [3.8, 4) is 11.3 Å². The van der Waals surface area contributed by atoms with Crippen LogP contribution in [0.15, 0.2) is 66.9 Å². The third-order valence-electron chi connectivity index (χ3n) is 4.71. The van der Waals surface area contributed by atoms with Gasteiger partial charge in [0, 0.05) is 29.8 Å². The molecule has 0 aliphatic heterocycles. The Morgan fingerprint density at radius 1 is 0.912 bits per heavy atom. The molecule has 0 spiro atoms. The predicted molar refractivity (Wildman–Crippen MR) is 125 cm³/mol. The van der Waals surface area contributed by atoms with Crippen molar-refractivity contribution in [2.24, 2.45) is 0 Å². The minimum absolute atomic E-state index is 0.0109. The third kappa shape index (κ3) is 5.95. The summed E-state index contributed by atoms with van der Waals surface area (Å²) in [7, 11) is -1.78. The van der Waals surface area contributed by atoms with Gasteiger partial charge in [-0.05, 0) is 41.7 Å². The molecule has 0 saturated carbocycles. The lowest BCUT2D eigenvalue weighted by Crippen LogP contribution is -2.30. The first-order valence-corrected chi connectivity index (χ1v) is 9.91. The molecular formula is C22H19BN4O7. The highest BCUT2D eigenvalue weighted by atomic mass is 16.6. The molecule has 3 aromatic carbocycles. The van der Waals surface area contributed by atoms with E-state index in [-0.39, 0.29) is 29.0 Å². The normalized spacial score (nSPS) is 10.4. The molecule has 0 aliphatic carbocycles. The SMILES string of the molecule is Cc1cc(-c2cnc3ccccc3n2)cc([N+](=O)[O-])c1.O=[N+]([O-])c1cc(CO)cc(B(O)O)c1. The van der Waals surface area contributed by atoms with Crippen LogP contribution in [0.2, 0.25) is 0 Å². The van der Waals surface area contributed by atoms with Gasteiger partial charge in [-0.2, -0.15) is 0 Å². The molecule has 3 N–H and O–H groups in total. The van der Waals surface area contributed by atoms with Gasteiger partial charge in [-0.1, -0.05) is 18.2 Å². The fourth-order valence-corrected chi connectivity index (χ4v) is 3.16. The number of rotatable bonds is 5. The van der Waals surface area contributed by atoms with Gasteiger partial charge in [-0.15, -0.1) is 0 Å². The highest BCUT2D eigenvalue weighted by Crippen LogP contribution is 2.25. The number of hydrogen-bond donors (Lipinski definition) is 3. The molecule has 12 heteroatoms. The Labute approximate surface area is 193 Å². The Balaban J connectivity index is 0.000000204. The molecule has 0 saturated heterocycles. The standard InChI is InChI=1S/C15H11N3O2.C7H8BNO5/c1-10-6-11(8-12(7-10)18(19)20)15-9-16-13-4-2-3-5-14(13)17-15;10-4-5-1-6(8(11)12)3-7(2-5)9(13)14/h2-9H,1H3;1-3,10-12H,4H2. The number of nitro benzene ring substituents is 2. The van der Waals surface area contributed by atoms with E-state index in [0.29, 0.717) is 11.3 Å². The summed E-state index contributed by atoms with van der Waals surface area (Å²) < 4.78 is 0. The van der Waals surface area contributed by atoms with Crippen molar-refractivity contribution in [1.29, 1.82) is 0 Å². The molecule has 4 aromatic rings. The van der Waals surface area contributed by atoms with Crippen LogP contribution in [0.25, 0.3) is 22.3 Å². The average Bonchev–Trinajstić information content (AvgIpc) is 2.83. The molecule has 4 rings (SSSR count). The molecule has 0 radical (unpaired) electrons. The van der Waals surface area contributed by atoms with Crippen molar-refractivity contribution in [3.05, 3.63) is 98.2 Å². The summed E-state index contributed by atoms with van der Waals surface area (Å²) >= 11 is 0. The van der Waals surface area contributed by atoms with E-state index in [0.717, 1.165) is 22.7 Å². The van der Waals surface area contributed by atoms with E-state index in [4.69, 9.17) is 15.2 Å². The largest absolute Gasteiger partial charge is 0.488 e. The summed E-state index contributed by atoms with van der Waals surface area (Å²) in [5.74, 6) is 0. The second-order valence-corrected chi connectivity index (χ2v) is 7.28. The molecule has 1 aromatic heterocycles. The summed E-state index contributed by atoms with van der Waals surface area (Å²) in [6.45, 7) is 1.44. The lowest BCUT2D eigenvalue weighted by atomic mass is 9.79. The molecule has 0 fully saturated rings. The zero-order valence-electron chi connectivity index (χ0n) is 17.9. The number of non-ortho nitro benzene ring substituents is 2. The summed E-state index contributed by atoms with van der Waals surface area (Å²) in [5, 5.41) is 47.7. The van der Waals surface area contributed by atoms with Crippen molar-refractivity contribution in [2.75, 3.05) is 0 Å². The Kier molecular flexibility index (Phi) is 7.58. The number of hydrogen-bond acceptors (Lipinski definition) is 9. The summed E-state index contributed by atoms with van der Waals surface area (Å²) in [5.41, 5.74) is 3.78. The molecule has 0 bridgehead atoms. The van der Waals surface area contributed by atoms with Crippen molar-refractivity contribution < 1.29 is 25.0 Å². The zero-order valence-corrected chi connectivity index (χ0v) is 17.9. The van der Waals surface area contributed by atoms with Crippen molar-refractivity contribution >= 4 is 35.0 Å². The number of nitrogens with zero attached hydrogens (tertiary/aromatic N) is 4. The van der Waals surface area contributed by atoms with E-state index >= 15 is 0 Å². The number of fused-ring (bicyclic) bond motifs is 1. The van der Waals surface area contributed by atoms with Gasteiger partial charge in [0.2, 0.25) is 0 Å². The minimum Gasteiger partial charge on any atom is -0.423 e. The number of aromatic nitrogens is 2. The second kappa shape index (κ2) is 10.6. The van der Waals surface area contributed by atoms with Crippen molar-refractivity contribution in [1.82, 2.24) is 9.97 Å². The molecule has 0 amide bonds. The van der Waals surface area contributed by atoms with E-state index in [1.165, 1.54) is 24.3 Å². The van der Waals surface area contributed by atoms with Crippen LogP contribution in [0.3, 0.4) is 0 Å². The molecule has 11 nitrogen and oxygen atoms in total. The fourth-order valence-electron chi connectivity index (χ4n) is 3.16. The number of nitro groups is 2. The summed E-state index contributed by atoms with van der Waals surface area (Å²) in [6.07, 6.45) is 1.64. The maximum absolute atomic E-state index is 10.9. The van der Waals surface area contributed by atoms with Crippen LogP contribution in [-0.2, 0) is 6.61 Å². The van der Waals surface area contributed by atoms with Gasteiger partial charge in [0.05, 0.1) is 39.4 Å². The maximum Gasteiger partial charge on any atom is 0.488 e. The van der Waals surface area contributed by atoms with Crippen molar-refractivity contribution in [3.63, 3.8) is 0 Å². The van der Waals surface area contributed by atoms with Crippen LogP contribution < -0.4 is 5.46 Å². The molecule has 1 heterocycles. The van der Waals surface area contributed by atoms with Gasteiger partial charge in [-0.25, -0.2) is 4.98 Å². The lowest BCUT2D eigenvalue weighted by Gasteiger charge is -2.04. The van der Waals surface area contributed by atoms with Crippen LogP contribution in [-0.4, -0.2) is 42.1 Å². The zero-order chi connectivity index (χ0) is 24.8. The first kappa shape index (κ1) is 24.4. The topological polar surface area (TPSA) is 173 Å². The van der Waals surface area contributed by atoms with Crippen LogP contribution in [0.5, 0.6) is 0 Å². The van der Waals surface area contributed by atoms with Crippen LogP contribution in [0.4, 0.5) is 11.4 Å². The Hall–Kier alpha value is -4.26. The fraction of sp³-hybridized carbons (Fsp3) is 0.0909. The monoisotopic (exact) mass is 462 g/mol. The summed E-state index contributed by atoms with van der Waals surface area (Å²) in [6, 6.07) is 16.0. The van der Waals surface area contributed by atoms with Gasteiger partial charge in [0.1, 0.15) is 0 Å². The number of benzene rings is 3. The quantitative estimate of drug-likeness (QED) is 0.228. The first-order chi connectivity index (χ1) is 16.2. The highest BCUT2D eigenvalue weighted by molar-refractivity contribution is 6.58. The Morgan fingerprint density at radius 3 is 2.18 bits per heavy atom. The van der Waals surface area contributed by atoms with Crippen LogP contribution in [0, 0.1) is 27.2 Å². The summed E-state index contributed by atoms with van der Waals surface area (Å²) in [4.78, 5) is 29.1. The van der Waals surface area contributed by atoms with E-state index in [1.54, 1.807) is 6.20 Å². The van der Waals surface area contributed by atoms with Gasteiger partial charge in [0.15, 0.2) is 0 Å². The molecule has 0 atom stereocenters. The van der Waals surface area contributed by atoms with E-state index in [1.807, 2.05) is 37.3 Å². The van der Waals surface area contributed by atoms with Gasteiger partial charge in [-0.3, -0.25) is 25.2 Å². The number of aliphatic hydroxyl groups is 1. The third-order valence-corrected chi connectivity index (χ3v) is 4.71. The predicted octanol–water partition coefficient (Wildman–Crippen LogP) is 2.28. The second-order valence-electron chi connectivity index (χ2n) is 7.28. The lowest BCUT2D eigenvalue weighted by molar-refractivity contribution is -0.385. The molecule has 34 heavy (non-hydrogen) atoms. The van der Waals surface area contributed by atoms with E-state index in [9.17, 15) is 20.2 Å². The number of aryl methyl sites for hydroxylation is 1. The highest BCUT2D eigenvalue weighted by Gasteiger charge is 2.17. The van der Waals surface area contributed by atoms with Gasteiger partial charge in [0.25, 0.3) is 11.4 Å². The molecule has 0 aliphatic rings. The molecule has 172 valence electrons. The minimum atomic E-state index is -1.78. The number of para-hydroxylation sites is 2. The average molecular weight is 462 g/mol. The van der Waals surface area contributed by atoms with Gasteiger partial charge < -0.3 is 15.2 Å². The van der Waals surface area contributed by atoms with Crippen LogP contribution in [0.1, 0.15) is 11.1 Å². The Morgan fingerprint density at radius 2 is 1.56 bits per heavy atom. The van der Waals surface area contributed by atoms with E-state index in [2.05, 4.69) is 9.97 Å². The smallest absolute Gasteiger partial charge is 0.423 e. The molecular weight excluding hydrogens is 443 g/mol. The number of aliphatic hydroxyl groups excluding tert-OH is 1. The van der Waals surface area contributed by atoms with Crippen molar-refractivity contribution in [2.45, 2.75) is 13.5 Å². The van der Waals surface area contributed by atoms with Gasteiger partial charge >= 0.3 is 7.12 Å². The first-order valence-electron chi connectivity index (χ1n) is 9.91. The maximum atomic E-state index is 10.9. The van der Waals surface area contributed by atoms with Crippen LogP contribution >= 0.6 is 0 Å². The molecule has 0 unspecified atom stereocenters. The van der Waals surface area contributed by atoms with E-state index < -0.39 is 17.0 Å².